The third kappa shape index (κ3) is 3.93. The normalized spacial score (nSPS) is 31.9. The second-order valence-electron chi connectivity index (χ2n) is 6.85. The molecular weight excluding hydrogens is 234 g/mol. The van der Waals surface area contributed by atoms with Crippen molar-refractivity contribution in [1.29, 1.82) is 0 Å². The van der Waals surface area contributed by atoms with Crippen molar-refractivity contribution in [2.24, 2.45) is 5.92 Å². The van der Waals surface area contributed by atoms with E-state index >= 15 is 0 Å². The lowest BCUT2D eigenvalue weighted by molar-refractivity contribution is 0.133. The Morgan fingerprint density at radius 3 is 2.37 bits per heavy atom. The van der Waals surface area contributed by atoms with E-state index in [9.17, 15) is 0 Å². The van der Waals surface area contributed by atoms with E-state index in [1.54, 1.807) is 0 Å². The van der Waals surface area contributed by atoms with Crippen LogP contribution in [-0.4, -0.2) is 61.7 Å². The van der Waals surface area contributed by atoms with Gasteiger partial charge in [0, 0.05) is 19.1 Å². The summed E-state index contributed by atoms with van der Waals surface area (Å²) >= 11 is 0. The van der Waals surface area contributed by atoms with Crippen LogP contribution in [0.3, 0.4) is 0 Å². The van der Waals surface area contributed by atoms with Gasteiger partial charge in [0.1, 0.15) is 0 Å². The van der Waals surface area contributed by atoms with Crippen molar-refractivity contribution < 1.29 is 0 Å². The highest BCUT2D eigenvalue weighted by atomic mass is 15.2. The molecule has 19 heavy (non-hydrogen) atoms. The fourth-order valence-electron chi connectivity index (χ4n) is 4.18. The van der Waals surface area contributed by atoms with E-state index in [1.165, 1.54) is 90.8 Å². The average Bonchev–Trinajstić information content (AvgIpc) is 2.88. The zero-order valence-corrected chi connectivity index (χ0v) is 12.4. The van der Waals surface area contributed by atoms with Crippen LogP contribution < -0.4 is 5.32 Å². The standard InChI is InChI=1S/C16H31N3/c1-2-10-18(11-3-1)14-16-5-4-12-19(16)13-15-6-8-17-9-7-15/h15-17H,1-14H2. The van der Waals surface area contributed by atoms with Crippen LogP contribution in [0.4, 0.5) is 0 Å². The van der Waals surface area contributed by atoms with E-state index in [-0.39, 0.29) is 0 Å². The minimum atomic E-state index is 0.869. The predicted molar refractivity (Wildman–Crippen MR) is 80.5 cm³/mol. The van der Waals surface area contributed by atoms with Crippen molar-refractivity contribution in [1.82, 2.24) is 15.1 Å². The first-order chi connectivity index (χ1) is 9.42. The van der Waals surface area contributed by atoms with E-state index in [0.29, 0.717) is 0 Å². The van der Waals surface area contributed by atoms with Gasteiger partial charge in [-0.1, -0.05) is 6.42 Å². The number of nitrogens with one attached hydrogen (secondary N) is 1. The minimum Gasteiger partial charge on any atom is -0.317 e. The summed E-state index contributed by atoms with van der Waals surface area (Å²) < 4.78 is 0. The zero-order valence-electron chi connectivity index (χ0n) is 12.4. The molecule has 1 atom stereocenters. The molecule has 3 rings (SSSR count). The van der Waals surface area contributed by atoms with Crippen molar-refractivity contribution in [2.45, 2.75) is 51.0 Å². The quantitative estimate of drug-likeness (QED) is 0.838. The lowest BCUT2D eigenvalue weighted by Crippen LogP contribution is -2.45. The molecule has 0 aromatic carbocycles. The fraction of sp³-hybridized carbons (Fsp3) is 1.00. The molecule has 3 nitrogen and oxygen atoms in total. The topological polar surface area (TPSA) is 18.5 Å². The van der Waals surface area contributed by atoms with Crippen LogP contribution >= 0.6 is 0 Å². The first-order valence-corrected chi connectivity index (χ1v) is 8.59. The Labute approximate surface area is 118 Å². The average molecular weight is 265 g/mol. The Balaban J connectivity index is 1.46. The molecule has 0 aromatic heterocycles. The van der Waals surface area contributed by atoms with Gasteiger partial charge < -0.3 is 10.2 Å². The van der Waals surface area contributed by atoms with Gasteiger partial charge in [-0.3, -0.25) is 4.90 Å². The third-order valence-electron chi connectivity index (χ3n) is 5.37. The maximum atomic E-state index is 3.49. The highest BCUT2D eigenvalue weighted by Crippen LogP contribution is 2.23. The largest absolute Gasteiger partial charge is 0.317 e. The highest BCUT2D eigenvalue weighted by molar-refractivity contribution is 4.85. The summed E-state index contributed by atoms with van der Waals surface area (Å²) in [5.74, 6) is 0.961. The monoisotopic (exact) mass is 265 g/mol. The molecule has 3 saturated heterocycles. The predicted octanol–water partition coefficient (Wildman–Crippen LogP) is 1.94. The summed E-state index contributed by atoms with van der Waals surface area (Å²) in [5, 5.41) is 3.49. The molecule has 0 bridgehead atoms. The Morgan fingerprint density at radius 1 is 0.789 bits per heavy atom. The van der Waals surface area contributed by atoms with E-state index < -0.39 is 0 Å². The summed E-state index contributed by atoms with van der Waals surface area (Å²) in [5.41, 5.74) is 0. The molecule has 110 valence electrons. The van der Waals surface area contributed by atoms with Crippen LogP contribution in [0.5, 0.6) is 0 Å². The van der Waals surface area contributed by atoms with Gasteiger partial charge in [-0.15, -0.1) is 0 Å². The molecule has 3 aliphatic heterocycles. The Bertz CT molecular complexity index is 231. The van der Waals surface area contributed by atoms with Gasteiger partial charge in [-0.05, 0) is 77.2 Å². The number of rotatable bonds is 4. The molecule has 0 aliphatic carbocycles. The fourth-order valence-corrected chi connectivity index (χ4v) is 4.18. The van der Waals surface area contributed by atoms with Gasteiger partial charge in [-0.2, -0.15) is 0 Å². The van der Waals surface area contributed by atoms with Crippen molar-refractivity contribution in [3.05, 3.63) is 0 Å². The lowest BCUT2D eigenvalue weighted by atomic mass is 9.97. The molecule has 1 unspecified atom stereocenters. The van der Waals surface area contributed by atoms with E-state index in [0.717, 1.165) is 12.0 Å². The number of hydrogen-bond acceptors (Lipinski definition) is 3. The van der Waals surface area contributed by atoms with Crippen LogP contribution in [0.2, 0.25) is 0 Å². The Hall–Kier alpha value is -0.120. The van der Waals surface area contributed by atoms with Gasteiger partial charge in [0.2, 0.25) is 0 Å². The smallest absolute Gasteiger partial charge is 0.0223 e. The Kier molecular flexibility index (Phi) is 5.14. The second kappa shape index (κ2) is 7.05. The zero-order chi connectivity index (χ0) is 12.9. The molecule has 3 heterocycles. The Morgan fingerprint density at radius 2 is 1.58 bits per heavy atom. The molecule has 0 radical (unpaired) electrons. The second-order valence-corrected chi connectivity index (χ2v) is 6.85. The molecule has 0 aromatic rings. The molecule has 3 aliphatic rings. The maximum absolute atomic E-state index is 3.49. The maximum Gasteiger partial charge on any atom is 0.0223 e. The highest BCUT2D eigenvalue weighted by Gasteiger charge is 2.29. The van der Waals surface area contributed by atoms with Crippen LogP contribution in [0.15, 0.2) is 0 Å². The van der Waals surface area contributed by atoms with E-state index in [2.05, 4.69) is 15.1 Å². The van der Waals surface area contributed by atoms with Crippen molar-refractivity contribution >= 4 is 0 Å². The molecule has 3 fully saturated rings. The molecule has 3 heteroatoms. The lowest BCUT2D eigenvalue weighted by Gasteiger charge is -2.35. The van der Waals surface area contributed by atoms with Crippen molar-refractivity contribution in [3.8, 4) is 0 Å². The van der Waals surface area contributed by atoms with Gasteiger partial charge in [0.05, 0.1) is 0 Å². The SMILES string of the molecule is C1CCN(CC2CCCN2CC2CCNCC2)CC1. The summed E-state index contributed by atoms with van der Waals surface area (Å²) in [4.78, 5) is 5.56. The van der Waals surface area contributed by atoms with Gasteiger partial charge in [-0.25, -0.2) is 0 Å². The first kappa shape index (κ1) is 13.8. The number of piperidine rings is 2. The summed E-state index contributed by atoms with van der Waals surface area (Å²) in [6.45, 7) is 9.30. The van der Waals surface area contributed by atoms with Crippen molar-refractivity contribution in [3.63, 3.8) is 0 Å². The molecule has 0 spiro atoms. The van der Waals surface area contributed by atoms with E-state index in [1.807, 2.05) is 0 Å². The van der Waals surface area contributed by atoms with Gasteiger partial charge in [0.25, 0.3) is 0 Å². The van der Waals surface area contributed by atoms with Crippen LogP contribution in [0.25, 0.3) is 0 Å². The molecule has 0 amide bonds. The van der Waals surface area contributed by atoms with Crippen LogP contribution in [-0.2, 0) is 0 Å². The third-order valence-corrected chi connectivity index (χ3v) is 5.37. The van der Waals surface area contributed by atoms with E-state index in [4.69, 9.17) is 0 Å². The van der Waals surface area contributed by atoms with Crippen LogP contribution in [0, 0.1) is 5.92 Å². The summed E-state index contributed by atoms with van der Waals surface area (Å²) in [7, 11) is 0. The molecule has 1 N–H and O–H groups in total. The van der Waals surface area contributed by atoms with Crippen LogP contribution in [0.1, 0.15) is 44.9 Å². The first-order valence-electron chi connectivity index (χ1n) is 8.59. The molecule has 0 saturated carbocycles. The van der Waals surface area contributed by atoms with Gasteiger partial charge >= 0.3 is 0 Å². The summed E-state index contributed by atoms with van der Waals surface area (Å²) in [6.07, 6.45) is 9.99. The number of likely N-dealkylation sites (tertiary alicyclic amines) is 2. The van der Waals surface area contributed by atoms with Gasteiger partial charge in [0.15, 0.2) is 0 Å². The minimum absolute atomic E-state index is 0.869. The number of hydrogen-bond donors (Lipinski definition) is 1. The molecular formula is C16H31N3. The summed E-state index contributed by atoms with van der Waals surface area (Å²) in [6, 6.07) is 0.869. The van der Waals surface area contributed by atoms with Crippen molar-refractivity contribution in [2.75, 3.05) is 45.8 Å². The number of nitrogens with zero attached hydrogens (tertiary/aromatic N) is 2.